The fourth-order valence-electron chi connectivity index (χ4n) is 2.71. The van der Waals surface area contributed by atoms with Crippen LogP contribution in [-0.4, -0.2) is 16.8 Å². The lowest BCUT2D eigenvalue weighted by molar-refractivity contribution is -0.115. The van der Waals surface area contributed by atoms with E-state index in [0.717, 1.165) is 16.5 Å². The highest BCUT2D eigenvalue weighted by molar-refractivity contribution is 7.14. The minimum Gasteiger partial charge on any atom is -0.459 e. The summed E-state index contributed by atoms with van der Waals surface area (Å²) in [4.78, 5) is 28.6. The maximum atomic E-state index is 12.4. The molecule has 2 aromatic heterocycles. The van der Waals surface area contributed by atoms with Crippen molar-refractivity contribution >= 4 is 44.7 Å². The van der Waals surface area contributed by atoms with Gasteiger partial charge < -0.3 is 9.73 Å². The number of nitrogens with zero attached hydrogens (tertiary/aromatic N) is 1. The molecule has 0 aliphatic carbocycles. The first kappa shape index (κ1) is 17.0. The summed E-state index contributed by atoms with van der Waals surface area (Å²) in [6, 6.07) is 16.9. The third-order valence-electron chi connectivity index (χ3n) is 3.92. The second-order valence-electron chi connectivity index (χ2n) is 5.83. The number of nitrogens with one attached hydrogen (secondary N) is 2. The molecule has 134 valence electrons. The first-order valence-electron chi connectivity index (χ1n) is 8.26. The Kier molecular flexibility index (Phi) is 4.67. The van der Waals surface area contributed by atoms with Gasteiger partial charge in [-0.05, 0) is 23.6 Å². The monoisotopic (exact) mass is 377 g/mol. The van der Waals surface area contributed by atoms with E-state index in [4.69, 9.17) is 4.42 Å². The quantitative estimate of drug-likeness (QED) is 0.542. The number of carbonyl (C=O) groups excluding carboxylic acids is 2. The Bertz CT molecular complexity index is 1100. The average molecular weight is 377 g/mol. The number of amides is 2. The molecular weight excluding hydrogens is 362 g/mol. The van der Waals surface area contributed by atoms with Crippen molar-refractivity contribution in [3.8, 4) is 0 Å². The van der Waals surface area contributed by atoms with Crippen LogP contribution in [0.25, 0.3) is 10.8 Å². The van der Waals surface area contributed by atoms with Crippen molar-refractivity contribution < 1.29 is 14.0 Å². The summed E-state index contributed by atoms with van der Waals surface area (Å²) in [6.07, 6.45) is 1.55. The molecule has 0 saturated heterocycles. The van der Waals surface area contributed by atoms with Crippen LogP contribution in [0.15, 0.2) is 70.7 Å². The molecule has 0 radical (unpaired) electrons. The molecule has 0 saturated carbocycles. The average Bonchev–Trinajstić information content (AvgIpc) is 3.34. The zero-order chi connectivity index (χ0) is 18.6. The van der Waals surface area contributed by atoms with Gasteiger partial charge in [-0.25, -0.2) is 4.98 Å². The van der Waals surface area contributed by atoms with Gasteiger partial charge in [0.25, 0.3) is 5.91 Å². The Morgan fingerprint density at radius 1 is 1.00 bits per heavy atom. The molecule has 2 aromatic carbocycles. The number of carbonyl (C=O) groups is 2. The Morgan fingerprint density at radius 3 is 2.70 bits per heavy atom. The Labute approximate surface area is 158 Å². The van der Waals surface area contributed by atoms with Crippen molar-refractivity contribution in [2.45, 2.75) is 6.42 Å². The van der Waals surface area contributed by atoms with Gasteiger partial charge in [0.15, 0.2) is 10.9 Å². The van der Waals surface area contributed by atoms with E-state index in [1.54, 1.807) is 17.5 Å². The van der Waals surface area contributed by atoms with Gasteiger partial charge in [-0.2, -0.15) is 0 Å². The summed E-state index contributed by atoms with van der Waals surface area (Å²) in [6.45, 7) is 0. The van der Waals surface area contributed by atoms with E-state index >= 15 is 0 Å². The molecule has 6 nitrogen and oxygen atoms in total. The van der Waals surface area contributed by atoms with Crippen LogP contribution >= 0.6 is 11.3 Å². The van der Waals surface area contributed by atoms with Crippen molar-refractivity contribution in [2.24, 2.45) is 0 Å². The first-order chi connectivity index (χ1) is 13.2. The maximum Gasteiger partial charge on any atom is 0.293 e. The number of rotatable bonds is 5. The van der Waals surface area contributed by atoms with E-state index in [0.29, 0.717) is 10.8 Å². The molecule has 0 aliphatic heterocycles. The lowest BCUT2D eigenvalue weighted by Crippen LogP contribution is -2.15. The normalized spacial score (nSPS) is 10.7. The summed E-state index contributed by atoms with van der Waals surface area (Å²) in [5.41, 5.74) is 1.35. The third-order valence-corrected chi connectivity index (χ3v) is 4.73. The van der Waals surface area contributed by atoms with Crippen LogP contribution in [0.2, 0.25) is 0 Å². The largest absolute Gasteiger partial charge is 0.459 e. The van der Waals surface area contributed by atoms with Gasteiger partial charge in [0.1, 0.15) is 0 Å². The van der Waals surface area contributed by atoms with E-state index in [1.807, 2.05) is 42.5 Å². The Hall–Kier alpha value is -3.45. The highest BCUT2D eigenvalue weighted by Gasteiger charge is 2.13. The first-order valence-corrected chi connectivity index (χ1v) is 9.14. The molecule has 0 unspecified atom stereocenters. The summed E-state index contributed by atoms with van der Waals surface area (Å²) >= 11 is 1.26. The molecule has 4 aromatic rings. The molecule has 2 N–H and O–H groups in total. The third kappa shape index (κ3) is 3.88. The van der Waals surface area contributed by atoms with Gasteiger partial charge >= 0.3 is 0 Å². The van der Waals surface area contributed by atoms with Crippen LogP contribution in [0.1, 0.15) is 16.2 Å². The van der Waals surface area contributed by atoms with Crippen LogP contribution in [-0.2, 0) is 11.2 Å². The van der Waals surface area contributed by atoms with E-state index in [2.05, 4.69) is 15.6 Å². The van der Waals surface area contributed by atoms with Crippen LogP contribution < -0.4 is 10.6 Å². The van der Waals surface area contributed by atoms with Crippen LogP contribution in [0.4, 0.5) is 10.8 Å². The van der Waals surface area contributed by atoms with Crippen LogP contribution in [0.5, 0.6) is 0 Å². The van der Waals surface area contributed by atoms with Gasteiger partial charge in [0, 0.05) is 16.5 Å². The van der Waals surface area contributed by atoms with Gasteiger partial charge in [-0.1, -0.05) is 36.4 Å². The van der Waals surface area contributed by atoms with Gasteiger partial charge in [-0.3, -0.25) is 14.9 Å². The molecule has 2 heterocycles. The molecule has 0 bridgehead atoms. The van der Waals surface area contributed by atoms with Gasteiger partial charge in [0.2, 0.25) is 5.91 Å². The molecule has 4 rings (SSSR count). The number of benzene rings is 2. The summed E-state index contributed by atoms with van der Waals surface area (Å²) < 4.78 is 5.04. The summed E-state index contributed by atoms with van der Waals surface area (Å²) in [7, 11) is 0. The smallest absolute Gasteiger partial charge is 0.293 e. The Morgan fingerprint density at radius 2 is 1.85 bits per heavy atom. The lowest BCUT2D eigenvalue weighted by Gasteiger charge is -2.08. The standard InChI is InChI=1S/C20H15N3O3S/c24-18(22-16-8-3-6-13-5-1-2-7-15(13)16)11-14-12-27-20(21-14)23-19(25)17-9-4-10-26-17/h1-10,12H,11H2,(H,22,24)(H,21,23,25). The number of aromatic nitrogens is 1. The fraction of sp³-hybridized carbons (Fsp3) is 0.0500. The number of thiazole rings is 1. The topological polar surface area (TPSA) is 84.2 Å². The number of furan rings is 1. The molecule has 2 amide bonds. The zero-order valence-electron chi connectivity index (χ0n) is 14.1. The predicted octanol–water partition coefficient (Wildman–Crippen LogP) is 4.32. The minimum atomic E-state index is -0.374. The molecule has 0 spiro atoms. The highest BCUT2D eigenvalue weighted by atomic mass is 32.1. The van der Waals surface area contributed by atoms with E-state index in [9.17, 15) is 9.59 Å². The van der Waals surface area contributed by atoms with E-state index in [1.165, 1.54) is 17.6 Å². The minimum absolute atomic E-state index is 0.121. The van der Waals surface area contributed by atoms with Crippen molar-refractivity contribution in [3.63, 3.8) is 0 Å². The molecule has 27 heavy (non-hydrogen) atoms. The second-order valence-corrected chi connectivity index (χ2v) is 6.69. The molecule has 0 atom stereocenters. The highest BCUT2D eigenvalue weighted by Crippen LogP contribution is 2.23. The van der Waals surface area contributed by atoms with E-state index in [-0.39, 0.29) is 24.0 Å². The van der Waals surface area contributed by atoms with Crippen molar-refractivity contribution in [2.75, 3.05) is 10.6 Å². The zero-order valence-corrected chi connectivity index (χ0v) is 15.0. The second kappa shape index (κ2) is 7.43. The number of anilines is 2. The van der Waals surface area contributed by atoms with Crippen LogP contribution in [0, 0.1) is 0 Å². The molecule has 0 aliphatic rings. The fourth-order valence-corrected chi connectivity index (χ4v) is 3.41. The summed E-state index contributed by atoms with van der Waals surface area (Å²) in [5, 5.41) is 9.80. The maximum absolute atomic E-state index is 12.4. The number of hydrogen-bond acceptors (Lipinski definition) is 5. The molecule has 0 fully saturated rings. The number of fused-ring (bicyclic) bond motifs is 1. The van der Waals surface area contributed by atoms with Gasteiger partial charge in [0.05, 0.1) is 18.4 Å². The van der Waals surface area contributed by atoms with Crippen molar-refractivity contribution in [1.29, 1.82) is 0 Å². The van der Waals surface area contributed by atoms with E-state index < -0.39 is 0 Å². The van der Waals surface area contributed by atoms with Crippen molar-refractivity contribution in [1.82, 2.24) is 4.98 Å². The SMILES string of the molecule is O=C(Cc1csc(NC(=O)c2ccco2)n1)Nc1cccc2ccccc12. The van der Waals surface area contributed by atoms with Crippen molar-refractivity contribution in [3.05, 3.63) is 77.7 Å². The Balaban J connectivity index is 1.41. The van der Waals surface area contributed by atoms with Crippen LogP contribution in [0.3, 0.4) is 0 Å². The molecule has 7 heteroatoms. The predicted molar refractivity (Wildman–Crippen MR) is 105 cm³/mol. The lowest BCUT2D eigenvalue weighted by atomic mass is 10.1. The number of hydrogen-bond donors (Lipinski definition) is 2. The summed E-state index contributed by atoms with van der Waals surface area (Å²) in [5.74, 6) is -0.331. The van der Waals surface area contributed by atoms with Gasteiger partial charge in [-0.15, -0.1) is 11.3 Å². The molecular formula is C20H15N3O3S.